The second kappa shape index (κ2) is 5.62. The van der Waals surface area contributed by atoms with E-state index >= 15 is 0 Å². The molecule has 0 amide bonds. The van der Waals surface area contributed by atoms with Crippen LogP contribution in [0.3, 0.4) is 0 Å². The zero-order valence-electron chi connectivity index (χ0n) is 12.1. The molecule has 0 aromatic carbocycles. The van der Waals surface area contributed by atoms with E-state index in [2.05, 4.69) is 9.88 Å². The molecule has 0 spiro atoms. The largest absolute Gasteiger partial charge is 0.297 e. The molecule has 2 atom stereocenters. The molecule has 0 radical (unpaired) electrons. The number of aromatic nitrogens is 1. The Morgan fingerprint density at radius 1 is 1.38 bits per heavy atom. The summed E-state index contributed by atoms with van der Waals surface area (Å²) < 4.78 is 40.5. The summed E-state index contributed by atoms with van der Waals surface area (Å²) in [5.74, 6) is -0.622. The third-order valence-electron chi connectivity index (χ3n) is 4.50. The lowest BCUT2D eigenvalue weighted by molar-refractivity contribution is 0.106. The van der Waals surface area contributed by atoms with E-state index in [4.69, 9.17) is 0 Å². The summed E-state index contributed by atoms with van der Waals surface area (Å²) in [6, 6.07) is 1.30. The van der Waals surface area contributed by atoms with Crippen LogP contribution in [-0.2, 0) is 10.0 Å². The number of sulfonamides is 1. The maximum absolute atomic E-state index is 13.3. The van der Waals surface area contributed by atoms with Crippen molar-refractivity contribution in [2.75, 3.05) is 19.6 Å². The molecule has 0 saturated carbocycles. The topological polar surface area (TPSA) is 53.5 Å². The van der Waals surface area contributed by atoms with Crippen molar-refractivity contribution in [1.82, 2.24) is 14.2 Å². The summed E-state index contributed by atoms with van der Waals surface area (Å²) in [5.41, 5.74) is 0. The molecule has 2 aliphatic rings. The van der Waals surface area contributed by atoms with Gasteiger partial charge < -0.3 is 0 Å². The first kappa shape index (κ1) is 14.9. The predicted molar refractivity (Wildman–Crippen MR) is 76.8 cm³/mol. The van der Waals surface area contributed by atoms with Crippen molar-refractivity contribution in [2.45, 2.75) is 43.2 Å². The molecule has 2 aliphatic heterocycles. The normalized spacial score (nSPS) is 27.7. The van der Waals surface area contributed by atoms with E-state index < -0.39 is 15.8 Å². The van der Waals surface area contributed by atoms with Crippen LogP contribution in [0.5, 0.6) is 0 Å². The summed E-state index contributed by atoms with van der Waals surface area (Å²) in [6.45, 7) is 4.31. The molecule has 116 valence electrons. The Bertz CT molecular complexity index is 622. The van der Waals surface area contributed by atoms with E-state index in [0.717, 1.165) is 44.6 Å². The molecule has 0 unspecified atom stereocenters. The minimum atomic E-state index is -3.68. The first-order valence-corrected chi connectivity index (χ1v) is 8.83. The Balaban J connectivity index is 1.92. The van der Waals surface area contributed by atoms with Gasteiger partial charge in [0, 0.05) is 31.4 Å². The zero-order valence-corrected chi connectivity index (χ0v) is 12.9. The van der Waals surface area contributed by atoms with Crippen molar-refractivity contribution >= 4 is 10.0 Å². The van der Waals surface area contributed by atoms with Crippen molar-refractivity contribution in [2.24, 2.45) is 0 Å². The molecule has 3 heterocycles. The molecule has 7 heteroatoms. The highest BCUT2D eigenvalue weighted by Crippen LogP contribution is 2.30. The Morgan fingerprint density at radius 3 is 2.90 bits per heavy atom. The lowest BCUT2D eigenvalue weighted by atomic mass is 10.1. The summed E-state index contributed by atoms with van der Waals surface area (Å²) in [7, 11) is -3.68. The summed E-state index contributed by atoms with van der Waals surface area (Å²) in [6.07, 6.45) is 5.16. The van der Waals surface area contributed by atoms with Gasteiger partial charge in [0.1, 0.15) is 10.7 Å². The Morgan fingerprint density at radius 2 is 2.19 bits per heavy atom. The Labute approximate surface area is 124 Å². The van der Waals surface area contributed by atoms with Gasteiger partial charge >= 0.3 is 0 Å². The molecule has 0 bridgehead atoms. The predicted octanol–water partition coefficient (Wildman–Crippen LogP) is 1.47. The first-order chi connectivity index (χ1) is 10.0. The summed E-state index contributed by atoms with van der Waals surface area (Å²) >= 11 is 0. The van der Waals surface area contributed by atoms with E-state index in [1.165, 1.54) is 6.20 Å². The average Bonchev–Trinajstić information content (AvgIpc) is 2.93. The van der Waals surface area contributed by atoms with E-state index in [9.17, 15) is 12.8 Å². The number of halogens is 1. The molecule has 0 N–H and O–H groups in total. The molecule has 1 aromatic rings. The molecule has 2 fully saturated rings. The van der Waals surface area contributed by atoms with Crippen LogP contribution >= 0.6 is 0 Å². The van der Waals surface area contributed by atoms with Gasteiger partial charge in [0.25, 0.3) is 0 Å². The van der Waals surface area contributed by atoms with Crippen LogP contribution in [0.4, 0.5) is 4.39 Å². The number of nitrogens with zero attached hydrogens (tertiary/aromatic N) is 3. The number of pyridine rings is 1. The van der Waals surface area contributed by atoms with Gasteiger partial charge in [-0.3, -0.25) is 9.88 Å². The smallest absolute Gasteiger partial charge is 0.245 e. The standard InChI is InChI=1S/C14H20FN3O2S/c1-2-12-9-17-5-3-4-13(17)10-18(12)21(19,20)14-6-11(15)7-16-8-14/h6-8,12-13H,2-5,9-10H2,1H3/t12-,13-/m0/s1. The number of piperazine rings is 1. The van der Waals surface area contributed by atoms with Crippen LogP contribution in [0, 0.1) is 5.82 Å². The molecule has 1 aromatic heterocycles. The molecule has 0 aliphatic carbocycles. The van der Waals surface area contributed by atoms with E-state index in [0.29, 0.717) is 12.6 Å². The lowest BCUT2D eigenvalue weighted by Crippen LogP contribution is -2.57. The van der Waals surface area contributed by atoms with Gasteiger partial charge in [0.2, 0.25) is 10.0 Å². The van der Waals surface area contributed by atoms with Crippen molar-refractivity contribution in [3.05, 3.63) is 24.3 Å². The second-order valence-corrected chi connectivity index (χ2v) is 7.66. The molecular formula is C14H20FN3O2S. The maximum atomic E-state index is 13.3. The fraction of sp³-hybridized carbons (Fsp3) is 0.643. The van der Waals surface area contributed by atoms with Gasteiger partial charge in [-0.05, 0) is 31.9 Å². The second-order valence-electron chi connectivity index (χ2n) is 5.77. The quantitative estimate of drug-likeness (QED) is 0.848. The van der Waals surface area contributed by atoms with Gasteiger partial charge in [-0.25, -0.2) is 12.8 Å². The van der Waals surface area contributed by atoms with Gasteiger partial charge in [-0.2, -0.15) is 4.31 Å². The van der Waals surface area contributed by atoms with Gasteiger partial charge in [-0.15, -0.1) is 0 Å². The van der Waals surface area contributed by atoms with Crippen molar-refractivity contribution in [3.63, 3.8) is 0 Å². The number of rotatable bonds is 3. The fourth-order valence-corrected chi connectivity index (χ4v) is 5.06. The van der Waals surface area contributed by atoms with E-state index in [-0.39, 0.29) is 10.9 Å². The summed E-state index contributed by atoms with van der Waals surface area (Å²) in [5, 5.41) is 0. The number of hydrogen-bond donors (Lipinski definition) is 0. The highest BCUT2D eigenvalue weighted by molar-refractivity contribution is 7.89. The minimum absolute atomic E-state index is 0.0485. The van der Waals surface area contributed by atoms with Crippen LogP contribution in [0.2, 0.25) is 0 Å². The molecular weight excluding hydrogens is 293 g/mol. The Kier molecular flexibility index (Phi) is 3.98. The number of fused-ring (bicyclic) bond motifs is 1. The highest BCUT2D eigenvalue weighted by Gasteiger charge is 2.41. The van der Waals surface area contributed by atoms with E-state index in [1.807, 2.05) is 6.92 Å². The summed E-state index contributed by atoms with van der Waals surface area (Å²) in [4.78, 5) is 6.00. The third-order valence-corrected chi connectivity index (χ3v) is 6.38. The molecule has 5 nitrogen and oxygen atoms in total. The van der Waals surface area contributed by atoms with Crippen LogP contribution in [0.1, 0.15) is 26.2 Å². The zero-order chi connectivity index (χ0) is 15.0. The van der Waals surface area contributed by atoms with Gasteiger partial charge in [0.05, 0.1) is 6.20 Å². The molecule has 21 heavy (non-hydrogen) atoms. The maximum Gasteiger partial charge on any atom is 0.245 e. The first-order valence-electron chi connectivity index (χ1n) is 7.39. The fourth-order valence-electron chi connectivity index (χ4n) is 3.36. The Hall–Kier alpha value is -1.05. The van der Waals surface area contributed by atoms with Crippen LogP contribution in [0.15, 0.2) is 23.4 Å². The van der Waals surface area contributed by atoms with Crippen LogP contribution < -0.4 is 0 Å². The van der Waals surface area contributed by atoms with Crippen molar-refractivity contribution in [1.29, 1.82) is 0 Å². The van der Waals surface area contributed by atoms with E-state index in [1.54, 1.807) is 4.31 Å². The van der Waals surface area contributed by atoms with Crippen molar-refractivity contribution in [3.8, 4) is 0 Å². The number of hydrogen-bond acceptors (Lipinski definition) is 4. The van der Waals surface area contributed by atoms with Crippen LogP contribution in [-0.4, -0.2) is 54.3 Å². The average molecular weight is 313 g/mol. The monoisotopic (exact) mass is 313 g/mol. The molecule has 2 saturated heterocycles. The van der Waals surface area contributed by atoms with Crippen LogP contribution in [0.25, 0.3) is 0 Å². The van der Waals surface area contributed by atoms with Gasteiger partial charge in [0.15, 0.2) is 0 Å². The third kappa shape index (κ3) is 2.69. The van der Waals surface area contributed by atoms with Gasteiger partial charge in [-0.1, -0.05) is 6.92 Å². The van der Waals surface area contributed by atoms with Crippen molar-refractivity contribution < 1.29 is 12.8 Å². The molecule has 3 rings (SSSR count). The SMILES string of the molecule is CC[C@H]1CN2CCC[C@H]2CN1S(=O)(=O)c1cncc(F)c1. The minimum Gasteiger partial charge on any atom is -0.297 e. The highest BCUT2D eigenvalue weighted by atomic mass is 32.2. The lowest BCUT2D eigenvalue weighted by Gasteiger charge is -2.42.